The molecular weight excluding hydrogens is 276 g/mol. The predicted octanol–water partition coefficient (Wildman–Crippen LogP) is 2.83. The number of carbonyl (C=O) groups excluding carboxylic acids is 2. The highest BCUT2D eigenvalue weighted by atomic mass is 16.3. The number of hydrogen-bond acceptors (Lipinski definition) is 3. The first kappa shape index (κ1) is 14.4. The monoisotopic (exact) mass is 300 g/mol. The first-order valence-corrected chi connectivity index (χ1v) is 8.53. The van der Waals surface area contributed by atoms with Gasteiger partial charge in [0, 0.05) is 10.8 Å². The minimum absolute atomic E-state index is 0.0330. The van der Waals surface area contributed by atoms with Crippen LogP contribution in [0.3, 0.4) is 0 Å². The summed E-state index contributed by atoms with van der Waals surface area (Å²) in [7, 11) is 0. The largest absolute Gasteiger partial charge is 0.385 e. The first-order valence-electron chi connectivity index (χ1n) is 8.53. The second-order valence-electron chi connectivity index (χ2n) is 8.18. The third-order valence-electron chi connectivity index (χ3n) is 7.29. The zero-order chi connectivity index (χ0) is 15.7. The van der Waals surface area contributed by atoms with E-state index in [0.717, 1.165) is 25.7 Å². The molecule has 4 aliphatic rings. The van der Waals surface area contributed by atoms with E-state index in [2.05, 4.69) is 19.9 Å². The van der Waals surface area contributed by atoms with Crippen molar-refractivity contribution < 1.29 is 14.7 Å². The second-order valence-corrected chi connectivity index (χ2v) is 8.18. The van der Waals surface area contributed by atoms with Crippen molar-refractivity contribution in [1.29, 1.82) is 0 Å². The third kappa shape index (κ3) is 1.66. The van der Waals surface area contributed by atoms with Gasteiger partial charge in [-0.3, -0.25) is 9.59 Å². The van der Waals surface area contributed by atoms with Crippen LogP contribution in [0.5, 0.6) is 0 Å². The summed E-state index contributed by atoms with van der Waals surface area (Å²) in [4.78, 5) is 24.1. The van der Waals surface area contributed by atoms with Crippen LogP contribution in [0.15, 0.2) is 23.8 Å². The van der Waals surface area contributed by atoms with Crippen molar-refractivity contribution in [2.75, 3.05) is 0 Å². The van der Waals surface area contributed by atoms with Gasteiger partial charge in [0.05, 0.1) is 0 Å². The summed E-state index contributed by atoms with van der Waals surface area (Å²) >= 11 is 0. The Hall–Kier alpha value is -1.22. The predicted molar refractivity (Wildman–Crippen MR) is 83.0 cm³/mol. The number of carbonyl (C=O) groups is 2. The van der Waals surface area contributed by atoms with Crippen LogP contribution in [0.1, 0.15) is 46.0 Å². The van der Waals surface area contributed by atoms with E-state index in [0.29, 0.717) is 24.2 Å². The lowest BCUT2D eigenvalue weighted by Crippen LogP contribution is -2.49. The van der Waals surface area contributed by atoms with E-state index in [1.54, 1.807) is 6.08 Å². The second kappa shape index (κ2) is 4.41. The molecule has 1 N–H and O–H groups in total. The number of aliphatic hydroxyl groups is 1. The van der Waals surface area contributed by atoms with Crippen molar-refractivity contribution in [2.24, 2.45) is 28.6 Å². The van der Waals surface area contributed by atoms with Crippen LogP contribution in [-0.2, 0) is 9.59 Å². The van der Waals surface area contributed by atoms with Crippen LogP contribution in [-0.4, -0.2) is 22.8 Å². The minimum Gasteiger partial charge on any atom is -0.385 e. The maximum absolute atomic E-state index is 12.4. The molecular formula is C19H24O3. The average Bonchev–Trinajstić information content (AvgIpc) is 2.72. The van der Waals surface area contributed by atoms with E-state index >= 15 is 0 Å². The average molecular weight is 300 g/mol. The zero-order valence-corrected chi connectivity index (χ0v) is 13.3. The van der Waals surface area contributed by atoms with E-state index in [1.165, 1.54) is 5.57 Å². The molecule has 0 aliphatic heterocycles. The fraction of sp³-hybridized carbons (Fsp3) is 0.684. The van der Waals surface area contributed by atoms with Gasteiger partial charge in [-0.05, 0) is 62.0 Å². The molecule has 118 valence electrons. The molecule has 0 aromatic heterocycles. The van der Waals surface area contributed by atoms with Crippen LogP contribution in [0.2, 0.25) is 0 Å². The zero-order valence-electron chi connectivity index (χ0n) is 13.3. The summed E-state index contributed by atoms with van der Waals surface area (Å²) in [5, 5.41) is 10.1. The van der Waals surface area contributed by atoms with Gasteiger partial charge in [0.2, 0.25) is 0 Å². The number of ketones is 2. The fourth-order valence-electron chi connectivity index (χ4n) is 5.99. The van der Waals surface area contributed by atoms with Crippen molar-refractivity contribution >= 4 is 11.6 Å². The van der Waals surface area contributed by atoms with Crippen LogP contribution in [0.4, 0.5) is 0 Å². The molecule has 0 heterocycles. The quantitative estimate of drug-likeness (QED) is 0.748. The fourth-order valence-corrected chi connectivity index (χ4v) is 5.99. The number of hydrogen-bond donors (Lipinski definition) is 1. The Bertz CT molecular complexity index is 616. The van der Waals surface area contributed by atoms with Crippen molar-refractivity contribution in [3.05, 3.63) is 23.8 Å². The summed E-state index contributed by atoms with van der Waals surface area (Å²) in [6.07, 6.45) is 9.42. The highest BCUT2D eigenvalue weighted by molar-refractivity contribution is 6.01. The Labute approximate surface area is 131 Å². The Kier molecular flexibility index (Phi) is 2.88. The Morgan fingerprint density at radius 1 is 1.18 bits per heavy atom. The lowest BCUT2D eigenvalue weighted by molar-refractivity contribution is -0.136. The summed E-state index contributed by atoms with van der Waals surface area (Å²) in [5.41, 5.74) is 0.913. The lowest BCUT2D eigenvalue weighted by atomic mass is 9.48. The molecule has 0 bridgehead atoms. The van der Waals surface area contributed by atoms with Crippen molar-refractivity contribution in [1.82, 2.24) is 0 Å². The molecule has 0 spiro atoms. The van der Waals surface area contributed by atoms with E-state index in [9.17, 15) is 14.7 Å². The molecule has 3 fully saturated rings. The van der Waals surface area contributed by atoms with E-state index < -0.39 is 6.10 Å². The molecule has 3 nitrogen and oxygen atoms in total. The topological polar surface area (TPSA) is 54.4 Å². The van der Waals surface area contributed by atoms with Crippen LogP contribution in [0, 0.1) is 28.6 Å². The summed E-state index contributed by atoms with van der Waals surface area (Å²) in [5.74, 6) is 1.46. The van der Waals surface area contributed by atoms with Gasteiger partial charge in [-0.2, -0.15) is 0 Å². The molecule has 22 heavy (non-hydrogen) atoms. The van der Waals surface area contributed by atoms with Gasteiger partial charge in [0.1, 0.15) is 6.10 Å². The van der Waals surface area contributed by atoms with Crippen LogP contribution >= 0.6 is 0 Å². The summed E-state index contributed by atoms with van der Waals surface area (Å²) in [6, 6.07) is 0. The Balaban J connectivity index is 1.72. The smallest absolute Gasteiger partial charge is 0.178 e. The van der Waals surface area contributed by atoms with Crippen molar-refractivity contribution in [3.63, 3.8) is 0 Å². The molecule has 0 saturated heterocycles. The number of Topliss-reactive ketones (excluding diaryl/α,β-unsaturated/α-hetero) is 1. The van der Waals surface area contributed by atoms with Gasteiger partial charge in [-0.25, -0.2) is 0 Å². The van der Waals surface area contributed by atoms with Gasteiger partial charge in [-0.15, -0.1) is 0 Å². The Morgan fingerprint density at radius 3 is 2.73 bits per heavy atom. The molecule has 3 saturated carbocycles. The summed E-state index contributed by atoms with van der Waals surface area (Å²) < 4.78 is 0. The van der Waals surface area contributed by atoms with Gasteiger partial charge >= 0.3 is 0 Å². The lowest BCUT2D eigenvalue weighted by Gasteiger charge is -2.55. The molecule has 0 amide bonds. The first-order chi connectivity index (χ1) is 10.4. The molecule has 0 aromatic carbocycles. The standard InChI is InChI=1S/C19H24O3/c1-18-7-5-12(20)9-11(18)3-4-13-14(18)6-8-19(2)15(13)10-16(21)17(19)22/h5,7,9,13-16,21H,3-4,6,8,10H2,1-2H3/t13-,14+,15+,16+,18+,19+/m1/s1. The summed E-state index contributed by atoms with van der Waals surface area (Å²) in [6.45, 7) is 4.33. The highest BCUT2D eigenvalue weighted by Gasteiger charge is 2.60. The Morgan fingerprint density at radius 2 is 1.95 bits per heavy atom. The normalized spacial score (nSPS) is 50.2. The number of allylic oxidation sites excluding steroid dienone is 4. The van der Waals surface area contributed by atoms with Gasteiger partial charge in [-0.1, -0.05) is 25.5 Å². The maximum atomic E-state index is 12.4. The third-order valence-corrected chi connectivity index (χ3v) is 7.29. The minimum atomic E-state index is -0.762. The molecule has 0 aromatic rings. The number of rotatable bonds is 0. The highest BCUT2D eigenvalue weighted by Crippen LogP contribution is 2.63. The van der Waals surface area contributed by atoms with Gasteiger partial charge in [0.25, 0.3) is 0 Å². The van der Waals surface area contributed by atoms with Crippen molar-refractivity contribution in [2.45, 2.75) is 52.1 Å². The molecule has 6 atom stereocenters. The van der Waals surface area contributed by atoms with E-state index in [4.69, 9.17) is 0 Å². The van der Waals surface area contributed by atoms with Gasteiger partial charge < -0.3 is 5.11 Å². The van der Waals surface area contributed by atoms with E-state index in [-0.39, 0.29) is 22.4 Å². The van der Waals surface area contributed by atoms with Crippen LogP contribution < -0.4 is 0 Å². The molecule has 4 rings (SSSR count). The molecule has 0 radical (unpaired) electrons. The van der Waals surface area contributed by atoms with E-state index in [1.807, 2.05) is 6.08 Å². The van der Waals surface area contributed by atoms with Crippen molar-refractivity contribution in [3.8, 4) is 0 Å². The number of aliphatic hydroxyl groups excluding tert-OH is 1. The molecule has 0 unspecified atom stereocenters. The maximum Gasteiger partial charge on any atom is 0.178 e. The van der Waals surface area contributed by atoms with Crippen LogP contribution in [0.25, 0.3) is 0 Å². The SMILES string of the molecule is C[C@]12C=CC(=O)C=C1CC[C@@H]1[C@@H]2CC[C@]2(C)C(=O)[C@@H](O)C[C@@H]12. The molecule has 3 heteroatoms. The molecule has 4 aliphatic carbocycles. The van der Waals surface area contributed by atoms with Gasteiger partial charge in [0.15, 0.2) is 11.6 Å². The number of fused-ring (bicyclic) bond motifs is 5.